The average molecular weight is 319 g/mol. The number of carbonyl (C=O) groups is 1. The molecule has 0 bridgehead atoms. The van der Waals surface area contributed by atoms with Crippen LogP contribution in [0.1, 0.15) is 0 Å². The summed E-state index contributed by atoms with van der Waals surface area (Å²) in [4.78, 5) is 12.6. The molecule has 0 radical (unpaired) electrons. The maximum atomic E-state index is 11.8. The van der Waals surface area contributed by atoms with Crippen LogP contribution in [0.5, 0.6) is 5.75 Å². The Bertz CT molecular complexity index is 668. The van der Waals surface area contributed by atoms with Crippen molar-refractivity contribution in [2.45, 2.75) is 4.90 Å². The zero-order valence-electron chi connectivity index (χ0n) is 10.9. The first-order chi connectivity index (χ1) is 10.2. The van der Waals surface area contributed by atoms with Crippen LogP contribution >= 0.6 is 23.4 Å². The highest BCUT2D eigenvalue weighted by atomic mass is 35.5. The summed E-state index contributed by atoms with van der Waals surface area (Å²) in [5.41, 5.74) is 0.644. The van der Waals surface area contributed by atoms with Gasteiger partial charge in [-0.1, -0.05) is 23.7 Å². The quantitative estimate of drug-likeness (QED) is 0.670. The Hall–Kier alpha value is -2.16. The van der Waals surface area contributed by atoms with Gasteiger partial charge in [0, 0.05) is 10.6 Å². The Morgan fingerprint density at radius 1 is 1.24 bits per heavy atom. The van der Waals surface area contributed by atoms with Gasteiger partial charge in [0.15, 0.2) is 6.61 Å². The maximum absolute atomic E-state index is 11.8. The van der Waals surface area contributed by atoms with Crippen LogP contribution in [-0.4, -0.2) is 12.5 Å². The molecule has 0 unspecified atom stereocenters. The van der Waals surface area contributed by atoms with E-state index in [1.807, 2.05) is 5.40 Å². The third-order valence-corrected chi connectivity index (χ3v) is 3.41. The van der Waals surface area contributed by atoms with E-state index in [2.05, 4.69) is 5.32 Å². The lowest BCUT2D eigenvalue weighted by atomic mass is 10.3. The number of thioether (sulfide) groups is 1. The minimum Gasteiger partial charge on any atom is -0.482 e. The van der Waals surface area contributed by atoms with Gasteiger partial charge in [-0.25, -0.2) is 0 Å². The van der Waals surface area contributed by atoms with Crippen LogP contribution in [0.25, 0.3) is 0 Å². The van der Waals surface area contributed by atoms with Crippen molar-refractivity contribution in [2.24, 2.45) is 0 Å². The average Bonchev–Trinajstić information content (AvgIpc) is 2.49. The van der Waals surface area contributed by atoms with Crippen molar-refractivity contribution in [2.75, 3.05) is 11.9 Å². The highest BCUT2D eigenvalue weighted by Crippen LogP contribution is 2.23. The molecule has 0 aliphatic heterocycles. The largest absolute Gasteiger partial charge is 0.482 e. The van der Waals surface area contributed by atoms with Gasteiger partial charge < -0.3 is 10.1 Å². The van der Waals surface area contributed by atoms with Crippen molar-refractivity contribution in [1.82, 2.24) is 0 Å². The van der Waals surface area contributed by atoms with Crippen LogP contribution in [-0.2, 0) is 4.79 Å². The summed E-state index contributed by atoms with van der Waals surface area (Å²) in [6.45, 7) is -0.127. The highest BCUT2D eigenvalue weighted by molar-refractivity contribution is 8.03. The molecule has 1 amide bonds. The number of halogens is 1. The van der Waals surface area contributed by atoms with Crippen molar-refractivity contribution < 1.29 is 9.53 Å². The van der Waals surface area contributed by atoms with Gasteiger partial charge in [0.25, 0.3) is 5.91 Å². The lowest BCUT2D eigenvalue weighted by molar-refractivity contribution is -0.118. The second-order valence-corrected chi connectivity index (χ2v) is 5.25. The Labute approximate surface area is 131 Å². The first-order valence-corrected chi connectivity index (χ1v) is 7.21. The molecule has 21 heavy (non-hydrogen) atoms. The lowest BCUT2D eigenvalue weighted by Crippen LogP contribution is -2.20. The molecule has 0 atom stereocenters. The Morgan fingerprint density at radius 2 is 1.95 bits per heavy atom. The van der Waals surface area contributed by atoms with E-state index >= 15 is 0 Å². The number of nitriles is 1. The summed E-state index contributed by atoms with van der Waals surface area (Å²) in [6.07, 6.45) is 0. The SMILES string of the molecule is N#CSc1ccc(NC(=O)COc2ccccc2Cl)cc1. The van der Waals surface area contributed by atoms with E-state index in [1.165, 1.54) is 0 Å². The van der Waals surface area contributed by atoms with Crippen molar-refractivity contribution in [3.63, 3.8) is 0 Å². The molecule has 2 aromatic rings. The van der Waals surface area contributed by atoms with Gasteiger partial charge in [0.2, 0.25) is 0 Å². The van der Waals surface area contributed by atoms with Crippen molar-refractivity contribution in [1.29, 1.82) is 5.26 Å². The Balaban J connectivity index is 1.87. The summed E-state index contributed by atoms with van der Waals surface area (Å²) in [6, 6.07) is 13.9. The number of benzene rings is 2. The smallest absolute Gasteiger partial charge is 0.262 e. The molecule has 2 aromatic carbocycles. The minimum absolute atomic E-state index is 0.127. The number of carbonyl (C=O) groups excluding carboxylic acids is 1. The van der Waals surface area contributed by atoms with Crippen molar-refractivity contribution in [3.05, 3.63) is 53.6 Å². The lowest BCUT2D eigenvalue weighted by Gasteiger charge is -2.08. The molecule has 0 aliphatic rings. The first kappa shape index (κ1) is 15.2. The molecule has 0 aliphatic carbocycles. The van der Waals surface area contributed by atoms with Crippen molar-refractivity contribution >= 4 is 35.0 Å². The van der Waals surface area contributed by atoms with Gasteiger partial charge >= 0.3 is 0 Å². The fourth-order valence-corrected chi connectivity index (χ4v) is 2.13. The monoisotopic (exact) mass is 318 g/mol. The van der Waals surface area contributed by atoms with E-state index in [0.29, 0.717) is 16.5 Å². The summed E-state index contributed by atoms with van der Waals surface area (Å²) < 4.78 is 5.34. The number of nitrogens with zero attached hydrogens (tertiary/aromatic N) is 1. The van der Waals surface area contributed by atoms with Crippen LogP contribution < -0.4 is 10.1 Å². The van der Waals surface area contributed by atoms with Gasteiger partial charge in [-0.15, -0.1) is 0 Å². The summed E-state index contributed by atoms with van der Waals surface area (Å²) in [5, 5.41) is 13.7. The fraction of sp³-hybridized carbons (Fsp3) is 0.0667. The zero-order chi connectivity index (χ0) is 15.1. The number of hydrogen-bond donors (Lipinski definition) is 1. The molecular formula is C15H11ClN2O2S. The normalized spacial score (nSPS) is 9.71. The topological polar surface area (TPSA) is 62.1 Å². The molecule has 2 rings (SSSR count). The molecule has 4 nitrogen and oxygen atoms in total. The van der Waals surface area contributed by atoms with Gasteiger partial charge in [-0.2, -0.15) is 5.26 Å². The number of hydrogen-bond acceptors (Lipinski definition) is 4. The second kappa shape index (κ2) is 7.58. The standard InChI is InChI=1S/C15H11ClN2O2S/c16-13-3-1-2-4-14(13)20-9-15(19)18-11-5-7-12(8-6-11)21-10-17/h1-8H,9H2,(H,18,19). The number of para-hydroxylation sites is 1. The second-order valence-electron chi connectivity index (χ2n) is 3.98. The third kappa shape index (κ3) is 4.71. The van der Waals surface area contributed by atoms with Gasteiger partial charge in [-0.3, -0.25) is 4.79 Å². The number of thiocyanates is 1. The number of nitrogens with one attached hydrogen (secondary N) is 1. The number of rotatable bonds is 5. The number of anilines is 1. The predicted molar refractivity (Wildman–Crippen MR) is 83.5 cm³/mol. The van der Waals surface area contributed by atoms with Crippen molar-refractivity contribution in [3.8, 4) is 11.2 Å². The van der Waals surface area contributed by atoms with Crippen LogP contribution in [0, 0.1) is 10.7 Å². The molecule has 0 heterocycles. The highest BCUT2D eigenvalue weighted by Gasteiger charge is 2.06. The molecule has 0 spiro atoms. The van der Waals surface area contributed by atoms with E-state index in [4.69, 9.17) is 21.6 Å². The fourth-order valence-electron chi connectivity index (χ4n) is 1.56. The zero-order valence-corrected chi connectivity index (χ0v) is 12.4. The van der Waals surface area contributed by atoms with Crippen LogP contribution in [0.4, 0.5) is 5.69 Å². The van der Waals surface area contributed by atoms with Gasteiger partial charge in [0.1, 0.15) is 11.2 Å². The Morgan fingerprint density at radius 3 is 2.62 bits per heavy atom. The summed E-state index contributed by atoms with van der Waals surface area (Å²) >= 11 is 7.00. The molecular weight excluding hydrogens is 308 g/mol. The van der Waals surface area contributed by atoms with E-state index in [-0.39, 0.29) is 12.5 Å². The maximum Gasteiger partial charge on any atom is 0.262 e. The van der Waals surface area contributed by atoms with E-state index < -0.39 is 0 Å². The van der Waals surface area contributed by atoms with Gasteiger partial charge in [0.05, 0.1) is 5.02 Å². The van der Waals surface area contributed by atoms with E-state index in [0.717, 1.165) is 16.7 Å². The molecule has 6 heteroatoms. The number of amides is 1. The Kier molecular flexibility index (Phi) is 5.50. The number of ether oxygens (including phenoxy) is 1. The first-order valence-electron chi connectivity index (χ1n) is 6.02. The van der Waals surface area contributed by atoms with Crippen LogP contribution in [0.15, 0.2) is 53.4 Å². The molecule has 0 saturated carbocycles. The molecule has 0 aromatic heterocycles. The minimum atomic E-state index is -0.282. The van der Waals surface area contributed by atoms with Crippen LogP contribution in [0.2, 0.25) is 5.02 Å². The molecule has 0 fully saturated rings. The third-order valence-electron chi connectivity index (χ3n) is 2.50. The van der Waals surface area contributed by atoms with Crippen LogP contribution in [0.3, 0.4) is 0 Å². The summed E-state index contributed by atoms with van der Waals surface area (Å²) in [5.74, 6) is 0.186. The molecule has 1 N–H and O–H groups in total. The summed E-state index contributed by atoms with van der Waals surface area (Å²) in [7, 11) is 0. The molecule has 0 saturated heterocycles. The van der Waals surface area contributed by atoms with E-state index in [1.54, 1.807) is 48.5 Å². The van der Waals surface area contributed by atoms with Gasteiger partial charge in [-0.05, 0) is 48.2 Å². The molecule has 106 valence electrons. The van der Waals surface area contributed by atoms with E-state index in [9.17, 15) is 4.79 Å². The predicted octanol–water partition coefficient (Wildman–Crippen LogP) is 3.93.